The maximum absolute atomic E-state index is 12.3. The average molecular weight is 220 g/mol. The van der Waals surface area contributed by atoms with Crippen molar-refractivity contribution in [2.75, 3.05) is 0 Å². The van der Waals surface area contributed by atoms with Crippen molar-refractivity contribution in [3.63, 3.8) is 0 Å². The molecule has 0 bridgehead atoms. The molecule has 1 aliphatic carbocycles. The van der Waals surface area contributed by atoms with E-state index in [-0.39, 0.29) is 17.3 Å². The van der Waals surface area contributed by atoms with E-state index in [1.54, 1.807) is 6.08 Å². The number of hydrogen-bond acceptors (Lipinski definition) is 2. The Morgan fingerprint density at radius 3 is 2.81 bits per heavy atom. The van der Waals surface area contributed by atoms with Crippen LogP contribution in [-0.4, -0.2) is 17.0 Å². The van der Waals surface area contributed by atoms with E-state index in [2.05, 4.69) is 20.1 Å². The van der Waals surface area contributed by atoms with Crippen LogP contribution in [0.2, 0.25) is 0 Å². The number of carbonyl (C=O) groups excluding carboxylic acids is 1. The summed E-state index contributed by atoms with van der Waals surface area (Å²) in [4.78, 5) is 12.3. The molecule has 16 heavy (non-hydrogen) atoms. The molecule has 0 N–H and O–H groups in total. The number of epoxide rings is 1. The fourth-order valence-electron chi connectivity index (χ4n) is 3.19. The molecule has 0 aromatic rings. The standard InChI is InChI=1S/C14H20O2/c1-5-6-7-12(15)14-11(10(2)3)8-9-13(14,4)16-14/h5,11H,1-2,6-9H2,3-4H3/t11-,13+,14+/m0/s1. The molecule has 1 saturated heterocycles. The first kappa shape index (κ1) is 11.6. The van der Waals surface area contributed by atoms with E-state index < -0.39 is 5.60 Å². The molecular weight excluding hydrogens is 200 g/mol. The van der Waals surface area contributed by atoms with Gasteiger partial charge in [0.05, 0.1) is 0 Å². The van der Waals surface area contributed by atoms with Crippen molar-refractivity contribution in [1.82, 2.24) is 0 Å². The number of carbonyl (C=O) groups is 1. The first-order valence-electron chi connectivity index (χ1n) is 5.98. The second-order valence-electron chi connectivity index (χ2n) is 5.26. The average Bonchev–Trinajstić information content (AvgIpc) is 2.73. The number of allylic oxidation sites excluding steroid dienone is 1. The molecule has 2 nitrogen and oxygen atoms in total. The minimum absolute atomic E-state index is 0.213. The Morgan fingerprint density at radius 1 is 1.62 bits per heavy atom. The second kappa shape index (κ2) is 3.56. The van der Waals surface area contributed by atoms with Crippen molar-refractivity contribution in [3.05, 3.63) is 24.8 Å². The molecule has 3 atom stereocenters. The highest BCUT2D eigenvalue weighted by Gasteiger charge is 2.77. The van der Waals surface area contributed by atoms with Crippen molar-refractivity contribution in [1.29, 1.82) is 0 Å². The molecular formula is C14H20O2. The Hall–Kier alpha value is -0.890. The van der Waals surface area contributed by atoms with Gasteiger partial charge in [-0.05, 0) is 33.1 Å². The van der Waals surface area contributed by atoms with Gasteiger partial charge in [0, 0.05) is 12.3 Å². The fourth-order valence-corrected chi connectivity index (χ4v) is 3.19. The lowest BCUT2D eigenvalue weighted by Gasteiger charge is -2.19. The van der Waals surface area contributed by atoms with Gasteiger partial charge in [-0.1, -0.05) is 18.2 Å². The number of ether oxygens (including phenoxy) is 1. The van der Waals surface area contributed by atoms with Crippen LogP contribution >= 0.6 is 0 Å². The Balaban J connectivity index is 2.19. The Labute approximate surface area is 97.4 Å². The molecule has 0 aromatic carbocycles. The summed E-state index contributed by atoms with van der Waals surface area (Å²) >= 11 is 0. The van der Waals surface area contributed by atoms with E-state index in [0.717, 1.165) is 24.8 Å². The molecule has 0 spiro atoms. The highest BCUT2D eigenvalue weighted by molar-refractivity contribution is 5.93. The zero-order chi connectivity index (χ0) is 12.0. The predicted octanol–water partition coefficient (Wildman–Crippen LogP) is 3.04. The van der Waals surface area contributed by atoms with E-state index in [9.17, 15) is 4.79 Å². The lowest BCUT2D eigenvalue weighted by Crippen LogP contribution is -2.35. The van der Waals surface area contributed by atoms with Gasteiger partial charge >= 0.3 is 0 Å². The highest BCUT2D eigenvalue weighted by atomic mass is 16.6. The highest BCUT2D eigenvalue weighted by Crippen LogP contribution is 2.64. The van der Waals surface area contributed by atoms with Crippen LogP contribution in [0.4, 0.5) is 0 Å². The van der Waals surface area contributed by atoms with Gasteiger partial charge < -0.3 is 4.74 Å². The smallest absolute Gasteiger partial charge is 0.168 e. The van der Waals surface area contributed by atoms with Gasteiger partial charge in [0.25, 0.3) is 0 Å². The summed E-state index contributed by atoms with van der Waals surface area (Å²) in [5, 5.41) is 0. The molecule has 88 valence electrons. The summed E-state index contributed by atoms with van der Waals surface area (Å²) in [6.45, 7) is 11.7. The van der Waals surface area contributed by atoms with Gasteiger partial charge in [-0.25, -0.2) is 0 Å². The molecule has 2 fully saturated rings. The first-order chi connectivity index (χ1) is 7.48. The summed E-state index contributed by atoms with van der Waals surface area (Å²) in [6.07, 6.45) is 5.08. The van der Waals surface area contributed by atoms with Gasteiger partial charge in [-0.2, -0.15) is 0 Å². The van der Waals surface area contributed by atoms with Crippen molar-refractivity contribution in [2.24, 2.45) is 5.92 Å². The molecule has 2 heteroatoms. The molecule has 2 aliphatic rings. The number of fused-ring (bicyclic) bond motifs is 1. The zero-order valence-electron chi connectivity index (χ0n) is 10.2. The molecule has 0 unspecified atom stereocenters. The summed E-state index contributed by atoms with van der Waals surface area (Å²) in [6, 6.07) is 0. The predicted molar refractivity (Wildman–Crippen MR) is 64.2 cm³/mol. The van der Waals surface area contributed by atoms with Crippen molar-refractivity contribution >= 4 is 5.78 Å². The summed E-state index contributed by atoms with van der Waals surface area (Å²) < 4.78 is 5.82. The van der Waals surface area contributed by atoms with E-state index >= 15 is 0 Å². The van der Waals surface area contributed by atoms with Gasteiger partial charge in [0.2, 0.25) is 0 Å². The molecule has 1 aliphatic heterocycles. The van der Waals surface area contributed by atoms with Crippen LogP contribution in [-0.2, 0) is 9.53 Å². The third-order valence-corrected chi connectivity index (χ3v) is 4.12. The topological polar surface area (TPSA) is 29.6 Å². The summed E-state index contributed by atoms with van der Waals surface area (Å²) in [7, 11) is 0. The number of rotatable bonds is 5. The largest absolute Gasteiger partial charge is 0.354 e. The van der Waals surface area contributed by atoms with Crippen molar-refractivity contribution < 1.29 is 9.53 Å². The fraction of sp³-hybridized carbons (Fsp3) is 0.643. The third kappa shape index (κ3) is 1.32. The van der Waals surface area contributed by atoms with Crippen LogP contribution in [0.15, 0.2) is 24.8 Å². The van der Waals surface area contributed by atoms with E-state index in [1.165, 1.54) is 0 Å². The van der Waals surface area contributed by atoms with Crippen molar-refractivity contribution in [3.8, 4) is 0 Å². The van der Waals surface area contributed by atoms with E-state index in [0.29, 0.717) is 6.42 Å². The maximum atomic E-state index is 12.3. The molecule has 0 aromatic heterocycles. The normalized spacial score (nSPS) is 40.2. The number of Topliss-reactive ketones (excluding diaryl/α,β-unsaturated/α-hetero) is 1. The lowest BCUT2D eigenvalue weighted by atomic mass is 9.81. The second-order valence-corrected chi connectivity index (χ2v) is 5.26. The van der Waals surface area contributed by atoms with Crippen LogP contribution in [0, 0.1) is 5.92 Å². The Bertz CT molecular complexity index is 358. The Kier molecular flexibility index (Phi) is 2.58. The first-order valence-corrected chi connectivity index (χ1v) is 5.98. The lowest BCUT2D eigenvalue weighted by molar-refractivity contribution is -0.125. The zero-order valence-corrected chi connectivity index (χ0v) is 10.2. The van der Waals surface area contributed by atoms with Crippen LogP contribution in [0.25, 0.3) is 0 Å². The SMILES string of the molecule is C=CCCC(=O)[C@@]12O[C@]1(C)CC[C@H]2C(=C)C. The van der Waals surface area contributed by atoms with Gasteiger partial charge in [-0.3, -0.25) is 4.79 Å². The molecule has 2 rings (SSSR count). The van der Waals surface area contributed by atoms with Gasteiger partial charge in [-0.15, -0.1) is 6.58 Å². The summed E-state index contributed by atoms with van der Waals surface area (Å²) in [5.74, 6) is 0.454. The van der Waals surface area contributed by atoms with Gasteiger partial charge in [0.15, 0.2) is 11.4 Å². The Morgan fingerprint density at radius 2 is 2.31 bits per heavy atom. The van der Waals surface area contributed by atoms with Crippen LogP contribution < -0.4 is 0 Å². The third-order valence-electron chi connectivity index (χ3n) is 4.12. The van der Waals surface area contributed by atoms with Crippen LogP contribution in [0.3, 0.4) is 0 Å². The quantitative estimate of drug-likeness (QED) is 0.526. The van der Waals surface area contributed by atoms with E-state index in [4.69, 9.17) is 4.74 Å². The minimum atomic E-state index is -0.540. The number of ketones is 1. The minimum Gasteiger partial charge on any atom is -0.354 e. The molecule has 0 amide bonds. The molecule has 1 saturated carbocycles. The summed E-state index contributed by atoms with van der Waals surface area (Å²) in [5.41, 5.74) is 0.324. The van der Waals surface area contributed by atoms with E-state index in [1.807, 2.05) is 6.92 Å². The molecule has 1 heterocycles. The van der Waals surface area contributed by atoms with Gasteiger partial charge in [0.1, 0.15) is 5.60 Å². The monoisotopic (exact) mass is 220 g/mol. The number of hydrogen-bond donors (Lipinski definition) is 0. The maximum Gasteiger partial charge on any atom is 0.168 e. The van der Waals surface area contributed by atoms with Crippen LogP contribution in [0.5, 0.6) is 0 Å². The van der Waals surface area contributed by atoms with Crippen molar-refractivity contribution in [2.45, 2.75) is 50.7 Å². The molecule has 0 radical (unpaired) electrons. The van der Waals surface area contributed by atoms with Crippen LogP contribution in [0.1, 0.15) is 39.5 Å².